The largest absolute Gasteiger partial charge is 0.502 e. The van der Waals surface area contributed by atoms with Gasteiger partial charge in [-0.2, -0.15) is 0 Å². The highest BCUT2D eigenvalue weighted by Crippen LogP contribution is 2.37. The smallest absolute Gasteiger partial charge is 0.414 e. The first-order valence-electron chi connectivity index (χ1n) is 11.7. The molecule has 0 unspecified atom stereocenters. The minimum absolute atomic E-state index is 0.00372. The average Bonchev–Trinajstić information content (AvgIpc) is 3.30. The summed E-state index contributed by atoms with van der Waals surface area (Å²) in [6.45, 7) is 6.18. The number of aromatic nitrogens is 2. The topological polar surface area (TPSA) is 152 Å². The fourth-order valence-electron chi connectivity index (χ4n) is 3.41. The summed E-state index contributed by atoms with van der Waals surface area (Å²) in [5, 5.41) is 28.3. The van der Waals surface area contributed by atoms with Gasteiger partial charge in [-0.15, -0.1) is 0 Å². The van der Waals surface area contributed by atoms with Gasteiger partial charge in [0, 0.05) is 18.7 Å². The summed E-state index contributed by atoms with van der Waals surface area (Å²) in [4.78, 5) is 22.8. The Hall–Kier alpha value is -4.41. The molecule has 0 saturated carbocycles. The van der Waals surface area contributed by atoms with E-state index in [4.69, 9.17) is 34.0 Å². The summed E-state index contributed by atoms with van der Waals surface area (Å²) in [7, 11) is 3.04. The first-order chi connectivity index (χ1) is 17.7. The molecule has 0 bridgehead atoms. The molecule has 0 aliphatic heterocycles. The van der Waals surface area contributed by atoms with Crippen molar-refractivity contribution in [2.75, 3.05) is 26.1 Å². The molecule has 0 aliphatic carbocycles. The fraction of sp³-hybridized carbons (Fsp3) is 0.346. The van der Waals surface area contributed by atoms with E-state index < -0.39 is 11.9 Å². The summed E-state index contributed by atoms with van der Waals surface area (Å²) in [6.07, 6.45) is 4.04. The second-order valence-corrected chi connectivity index (χ2v) is 7.74. The Bertz CT molecular complexity index is 1140. The molecule has 4 N–H and O–H groups in total. The Kier molecular flexibility index (Phi) is 11.1. The van der Waals surface area contributed by atoms with Crippen molar-refractivity contribution in [3.05, 3.63) is 48.2 Å². The maximum absolute atomic E-state index is 10.1. The van der Waals surface area contributed by atoms with E-state index in [1.54, 1.807) is 12.1 Å². The zero-order valence-corrected chi connectivity index (χ0v) is 21.4. The predicted octanol–water partition coefficient (Wildman–Crippen LogP) is 4.24. The number of unbranched alkanes of at least 4 members (excludes halogenated alkanes) is 1. The molecule has 0 atom stereocenters. The van der Waals surface area contributed by atoms with Gasteiger partial charge in [0.05, 0.1) is 32.7 Å². The van der Waals surface area contributed by atoms with Crippen LogP contribution in [0.2, 0.25) is 0 Å². The third kappa shape index (κ3) is 8.06. The van der Waals surface area contributed by atoms with Crippen molar-refractivity contribution in [3.8, 4) is 34.3 Å². The number of nitrogens with zero attached hydrogens (tertiary/aromatic N) is 2. The van der Waals surface area contributed by atoms with Gasteiger partial charge in [0.1, 0.15) is 5.75 Å². The zero-order valence-electron chi connectivity index (χ0n) is 21.4. The highest BCUT2D eigenvalue weighted by molar-refractivity contribution is 6.27. The van der Waals surface area contributed by atoms with Crippen molar-refractivity contribution >= 4 is 17.9 Å². The van der Waals surface area contributed by atoms with Crippen LogP contribution in [-0.4, -0.2) is 57.6 Å². The van der Waals surface area contributed by atoms with Gasteiger partial charge in [-0.1, -0.05) is 13.3 Å². The molecule has 1 heterocycles. The van der Waals surface area contributed by atoms with Gasteiger partial charge in [0.15, 0.2) is 11.5 Å². The van der Waals surface area contributed by atoms with Crippen molar-refractivity contribution in [1.82, 2.24) is 9.55 Å². The molecule has 0 aliphatic rings. The number of rotatable bonds is 11. The van der Waals surface area contributed by atoms with E-state index in [2.05, 4.69) is 33.9 Å². The molecule has 11 nitrogen and oxygen atoms in total. The molecule has 3 rings (SSSR count). The number of ether oxygens (including phenoxy) is 3. The van der Waals surface area contributed by atoms with E-state index in [9.17, 15) is 5.11 Å². The molecule has 11 heteroatoms. The van der Waals surface area contributed by atoms with Gasteiger partial charge in [-0.3, -0.25) is 0 Å². The molecule has 200 valence electrons. The van der Waals surface area contributed by atoms with Crippen LogP contribution in [-0.2, 0) is 22.7 Å². The van der Waals surface area contributed by atoms with Crippen LogP contribution in [0.5, 0.6) is 23.0 Å². The number of phenolic OH excluding ortho intramolecular Hbond substituents is 1. The second kappa shape index (κ2) is 14.2. The van der Waals surface area contributed by atoms with E-state index in [0.717, 1.165) is 47.9 Å². The van der Waals surface area contributed by atoms with Crippen LogP contribution in [0.1, 0.15) is 32.3 Å². The van der Waals surface area contributed by atoms with E-state index in [1.165, 1.54) is 14.2 Å². The van der Waals surface area contributed by atoms with Gasteiger partial charge in [-0.25, -0.2) is 14.6 Å². The van der Waals surface area contributed by atoms with Crippen molar-refractivity contribution in [3.63, 3.8) is 0 Å². The summed E-state index contributed by atoms with van der Waals surface area (Å²) < 4.78 is 18.3. The normalized spacial score (nSPS) is 10.2. The standard InChI is InChI=1S/C24H31N3O4.C2H2O4/c1-5-7-12-27-20(18-8-10-19(11-9-18)31-6-2)16-26-24(27)25-15-17-13-21(29-3)23(28)22(14-17)30-4;3-1(4)2(5)6/h8-11,13-14,16,28H,5-7,12,15H2,1-4H3,(H,25,26);(H,3,4)(H,5,6). The van der Waals surface area contributed by atoms with E-state index >= 15 is 0 Å². The number of aromatic hydroxyl groups is 1. The van der Waals surface area contributed by atoms with E-state index in [-0.39, 0.29) is 5.75 Å². The Morgan fingerprint density at radius 3 is 2.08 bits per heavy atom. The maximum Gasteiger partial charge on any atom is 0.414 e. The first-order valence-corrected chi connectivity index (χ1v) is 11.7. The summed E-state index contributed by atoms with van der Waals surface area (Å²) in [6, 6.07) is 11.7. The number of nitrogens with one attached hydrogen (secondary N) is 1. The highest BCUT2D eigenvalue weighted by Gasteiger charge is 2.14. The Morgan fingerprint density at radius 1 is 1.00 bits per heavy atom. The lowest BCUT2D eigenvalue weighted by molar-refractivity contribution is -0.159. The van der Waals surface area contributed by atoms with Crippen LogP contribution in [0.25, 0.3) is 11.3 Å². The van der Waals surface area contributed by atoms with Crippen LogP contribution >= 0.6 is 0 Å². The number of hydrogen-bond acceptors (Lipinski definition) is 8. The minimum atomic E-state index is -1.82. The fourth-order valence-corrected chi connectivity index (χ4v) is 3.41. The number of hydrogen-bond donors (Lipinski definition) is 4. The van der Waals surface area contributed by atoms with E-state index in [0.29, 0.717) is 24.7 Å². The molecule has 0 saturated heterocycles. The SMILES string of the molecule is CCCCn1c(-c2ccc(OCC)cc2)cnc1NCc1cc(OC)c(O)c(OC)c1.O=C(O)C(=O)O. The predicted molar refractivity (Wildman–Crippen MR) is 138 cm³/mol. The molecular weight excluding hydrogens is 482 g/mol. The van der Waals surface area contributed by atoms with Gasteiger partial charge in [-0.05, 0) is 55.3 Å². The third-order valence-corrected chi connectivity index (χ3v) is 5.23. The summed E-state index contributed by atoms with van der Waals surface area (Å²) >= 11 is 0. The van der Waals surface area contributed by atoms with Crippen LogP contribution in [0, 0.1) is 0 Å². The highest BCUT2D eigenvalue weighted by atomic mass is 16.5. The van der Waals surface area contributed by atoms with Crippen LogP contribution < -0.4 is 19.5 Å². The second-order valence-electron chi connectivity index (χ2n) is 7.74. The van der Waals surface area contributed by atoms with Crippen LogP contribution in [0.3, 0.4) is 0 Å². The number of imidazole rings is 1. The third-order valence-electron chi connectivity index (χ3n) is 5.23. The Balaban J connectivity index is 0.000000717. The lowest BCUT2D eigenvalue weighted by Gasteiger charge is -2.15. The number of anilines is 1. The maximum atomic E-state index is 10.1. The molecule has 0 radical (unpaired) electrons. The lowest BCUT2D eigenvalue weighted by Crippen LogP contribution is -2.09. The lowest BCUT2D eigenvalue weighted by atomic mass is 10.1. The quantitative estimate of drug-likeness (QED) is 0.273. The van der Waals surface area contributed by atoms with Crippen molar-refractivity contribution in [1.29, 1.82) is 0 Å². The Morgan fingerprint density at radius 2 is 1.59 bits per heavy atom. The molecule has 0 fully saturated rings. The van der Waals surface area contributed by atoms with Crippen molar-refractivity contribution < 1.29 is 39.1 Å². The van der Waals surface area contributed by atoms with Gasteiger partial charge < -0.3 is 39.4 Å². The van der Waals surface area contributed by atoms with Gasteiger partial charge in [0.25, 0.3) is 0 Å². The molecule has 2 aromatic carbocycles. The first kappa shape index (κ1) is 28.8. The zero-order chi connectivity index (χ0) is 27.4. The van der Waals surface area contributed by atoms with Crippen LogP contribution in [0.4, 0.5) is 5.95 Å². The molecule has 0 amide bonds. The molecule has 0 spiro atoms. The Labute approximate surface area is 215 Å². The molecule has 1 aromatic heterocycles. The summed E-state index contributed by atoms with van der Waals surface area (Å²) in [5.41, 5.74) is 3.06. The average molecular weight is 516 g/mol. The minimum Gasteiger partial charge on any atom is -0.502 e. The number of benzene rings is 2. The molecule has 37 heavy (non-hydrogen) atoms. The number of carboxylic acid groups (broad SMARTS) is 2. The number of carboxylic acids is 2. The summed E-state index contributed by atoms with van der Waals surface area (Å²) in [5.74, 6) is -1.25. The van der Waals surface area contributed by atoms with Gasteiger partial charge in [0.2, 0.25) is 11.7 Å². The number of phenols is 1. The molecule has 3 aromatic rings. The molecular formula is C26H33N3O8. The van der Waals surface area contributed by atoms with Gasteiger partial charge >= 0.3 is 11.9 Å². The van der Waals surface area contributed by atoms with Crippen LogP contribution in [0.15, 0.2) is 42.6 Å². The van der Waals surface area contributed by atoms with Crippen molar-refractivity contribution in [2.45, 2.75) is 39.8 Å². The monoisotopic (exact) mass is 515 g/mol. The van der Waals surface area contributed by atoms with Crippen molar-refractivity contribution in [2.24, 2.45) is 0 Å². The number of aliphatic carboxylic acids is 2. The van der Waals surface area contributed by atoms with E-state index in [1.807, 2.05) is 25.3 Å². The number of methoxy groups -OCH3 is 2. The number of carbonyl (C=O) groups is 2.